The van der Waals surface area contributed by atoms with Gasteiger partial charge in [0.25, 0.3) is 0 Å². The number of hydrogen-bond donors (Lipinski definition) is 0. The van der Waals surface area contributed by atoms with Crippen LogP contribution in [0, 0.1) is 0 Å². The first-order valence-electron chi connectivity index (χ1n) is 4.29. The summed E-state index contributed by atoms with van der Waals surface area (Å²) in [7, 11) is -0.946. The van der Waals surface area contributed by atoms with Gasteiger partial charge in [0.15, 0.2) is 5.94 Å². The van der Waals surface area contributed by atoms with E-state index in [1.54, 1.807) is 5.41 Å². The number of benzene rings is 1. The topological polar surface area (TPSA) is 26.3 Å². The zero-order chi connectivity index (χ0) is 9.80. The smallest absolute Gasteiger partial charge is 0.167 e. The fourth-order valence-corrected chi connectivity index (χ4v) is 1.88. The fraction of sp³-hybridized carbons (Fsp3) is 0.0909. The zero-order valence-electron chi connectivity index (χ0n) is 7.55. The SMILES string of the molecule is O=S1C=C(/C=C/c2ccccc2)OC1. The lowest BCUT2D eigenvalue weighted by Crippen LogP contribution is -1.85. The largest absolute Gasteiger partial charge is 0.479 e. The molecule has 0 radical (unpaired) electrons. The summed E-state index contributed by atoms with van der Waals surface area (Å²) in [6, 6.07) is 9.92. The second kappa shape index (κ2) is 4.24. The number of allylic oxidation sites excluding steroid dienone is 1. The molecule has 2 rings (SSSR count). The van der Waals surface area contributed by atoms with Crippen molar-refractivity contribution in [3.05, 3.63) is 53.1 Å². The minimum absolute atomic E-state index is 0.286. The lowest BCUT2D eigenvalue weighted by molar-refractivity contribution is 0.294. The van der Waals surface area contributed by atoms with Crippen LogP contribution < -0.4 is 0 Å². The van der Waals surface area contributed by atoms with E-state index in [0.717, 1.165) is 5.56 Å². The van der Waals surface area contributed by atoms with Crippen molar-refractivity contribution in [2.45, 2.75) is 0 Å². The highest BCUT2D eigenvalue weighted by Gasteiger charge is 2.07. The molecule has 0 saturated heterocycles. The molecule has 0 N–H and O–H groups in total. The second-order valence-electron chi connectivity index (χ2n) is 2.91. The second-order valence-corrected chi connectivity index (χ2v) is 4.14. The first-order chi connectivity index (χ1) is 6.84. The Morgan fingerprint density at radius 2 is 2.00 bits per heavy atom. The van der Waals surface area contributed by atoms with Crippen LogP contribution >= 0.6 is 0 Å². The van der Waals surface area contributed by atoms with Gasteiger partial charge in [-0.2, -0.15) is 0 Å². The predicted octanol–water partition coefficient (Wildman–Crippen LogP) is 2.28. The van der Waals surface area contributed by atoms with Crippen LogP contribution in [0.3, 0.4) is 0 Å². The molecule has 1 aromatic carbocycles. The van der Waals surface area contributed by atoms with Gasteiger partial charge in [-0.25, -0.2) is 0 Å². The maximum Gasteiger partial charge on any atom is 0.167 e. The minimum Gasteiger partial charge on any atom is -0.479 e. The lowest BCUT2D eigenvalue weighted by Gasteiger charge is -1.94. The third kappa shape index (κ3) is 2.33. The Balaban J connectivity index is 2.08. The van der Waals surface area contributed by atoms with Crippen LogP contribution in [0.2, 0.25) is 0 Å². The van der Waals surface area contributed by atoms with Crippen molar-refractivity contribution in [2.75, 3.05) is 5.94 Å². The minimum atomic E-state index is -0.946. The molecule has 3 heteroatoms. The molecule has 1 aliphatic heterocycles. The molecular formula is C11H10O2S. The van der Waals surface area contributed by atoms with Crippen LogP contribution in [0.15, 0.2) is 47.6 Å². The summed E-state index contributed by atoms with van der Waals surface area (Å²) >= 11 is 0. The van der Waals surface area contributed by atoms with Gasteiger partial charge in [-0.15, -0.1) is 0 Å². The molecule has 0 fully saturated rings. The van der Waals surface area contributed by atoms with Crippen LogP contribution in [0.25, 0.3) is 6.08 Å². The summed E-state index contributed by atoms with van der Waals surface area (Å²) in [6.45, 7) is 0. The number of hydrogen-bond acceptors (Lipinski definition) is 2. The van der Waals surface area contributed by atoms with Gasteiger partial charge in [0.2, 0.25) is 0 Å². The van der Waals surface area contributed by atoms with Crippen LogP contribution in [0.5, 0.6) is 0 Å². The normalized spacial score (nSPS) is 20.9. The maximum absolute atomic E-state index is 10.9. The zero-order valence-corrected chi connectivity index (χ0v) is 8.37. The van der Waals surface area contributed by atoms with Gasteiger partial charge in [0, 0.05) is 5.41 Å². The Morgan fingerprint density at radius 1 is 1.21 bits per heavy atom. The molecule has 0 bridgehead atoms. The summed E-state index contributed by atoms with van der Waals surface area (Å²) in [5.41, 5.74) is 1.11. The van der Waals surface area contributed by atoms with Gasteiger partial charge in [0.05, 0.1) is 10.8 Å². The van der Waals surface area contributed by atoms with Crippen molar-refractivity contribution in [1.29, 1.82) is 0 Å². The van der Waals surface area contributed by atoms with Gasteiger partial charge in [-0.3, -0.25) is 4.21 Å². The summed E-state index contributed by atoms with van der Waals surface area (Å²) in [5, 5.41) is 1.62. The van der Waals surface area contributed by atoms with E-state index in [2.05, 4.69) is 0 Å². The van der Waals surface area contributed by atoms with Gasteiger partial charge < -0.3 is 4.74 Å². The number of ether oxygens (including phenoxy) is 1. The molecule has 1 aromatic rings. The van der Waals surface area contributed by atoms with Gasteiger partial charge in [-0.1, -0.05) is 36.4 Å². The first-order valence-corrected chi connectivity index (χ1v) is 5.68. The molecule has 1 aliphatic rings. The van der Waals surface area contributed by atoms with Crippen molar-refractivity contribution in [3.63, 3.8) is 0 Å². The van der Waals surface area contributed by atoms with Gasteiger partial charge in [0.1, 0.15) is 5.76 Å². The quantitative estimate of drug-likeness (QED) is 0.742. The molecule has 1 heterocycles. The molecule has 0 aliphatic carbocycles. The Labute approximate surface area is 85.4 Å². The van der Waals surface area contributed by atoms with Crippen molar-refractivity contribution in [1.82, 2.24) is 0 Å². The highest BCUT2D eigenvalue weighted by molar-refractivity contribution is 7.88. The molecule has 72 valence electrons. The highest BCUT2D eigenvalue weighted by Crippen LogP contribution is 2.12. The van der Waals surface area contributed by atoms with Crippen LogP contribution in [0.1, 0.15) is 5.56 Å². The van der Waals surface area contributed by atoms with E-state index in [1.165, 1.54) is 0 Å². The van der Waals surface area contributed by atoms with Crippen molar-refractivity contribution in [2.24, 2.45) is 0 Å². The van der Waals surface area contributed by atoms with Crippen LogP contribution in [0.4, 0.5) is 0 Å². The molecule has 2 nitrogen and oxygen atoms in total. The molecular weight excluding hydrogens is 196 g/mol. The van der Waals surface area contributed by atoms with Crippen LogP contribution in [-0.2, 0) is 15.5 Å². The van der Waals surface area contributed by atoms with E-state index < -0.39 is 10.8 Å². The monoisotopic (exact) mass is 206 g/mol. The third-order valence-electron chi connectivity index (χ3n) is 1.83. The average Bonchev–Trinajstić information content (AvgIpc) is 2.63. The summed E-state index contributed by atoms with van der Waals surface area (Å²) in [5.74, 6) is 0.973. The Kier molecular flexibility index (Phi) is 2.79. The maximum atomic E-state index is 10.9. The summed E-state index contributed by atoms with van der Waals surface area (Å²) < 4.78 is 16.1. The first kappa shape index (κ1) is 9.21. The van der Waals surface area contributed by atoms with Gasteiger partial charge in [-0.05, 0) is 11.6 Å². The van der Waals surface area contributed by atoms with E-state index >= 15 is 0 Å². The summed E-state index contributed by atoms with van der Waals surface area (Å²) in [6.07, 6.45) is 3.77. The Bertz CT molecular complexity index is 393. The van der Waals surface area contributed by atoms with Crippen molar-refractivity contribution in [3.8, 4) is 0 Å². The van der Waals surface area contributed by atoms with E-state index in [-0.39, 0.29) is 5.94 Å². The standard InChI is InChI=1S/C11H10O2S/c12-14-8-11(13-9-14)7-6-10-4-2-1-3-5-10/h1-8H,9H2/b7-6+. The molecule has 0 spiro atoms. The van der Waals surface area contributed by atoms with E-state index in [9.17, 15) is 4.21 Å². The Morgan fingerprint density at radius 3 is 2.64 bits per heavy atom. The molecule has 0 saturated carbocycles. The van der Waals surface area contributed by atoms with Crippen molar-refractivity contribution >= 4 is 16.9 Å². The molecule has 1 atom stereocenters. The average molecular weight is 206 g/mol. The molecule has 0 aromatic heterocycles. The van der Waals surface area contributed by atoms with E-state index in [0.29, 0.717) is 5.76 Å². The fourth-order valence-electron chi connectivity index (χ4n) is 1.15. The van der Waals surface area contributed by atoms with Crippen molar-refractivity contribution < 1.29 is 8.95 Å². The molecule has 14 heavy (non-hydrogen) atoms. The summed E-state index contributed by atoms with van der Waals surface area (Å²) in [4.78, 5) is 0. The van der Waals surface area contributed by atoms with Crippen LogP contribution in [-0.4, -0.2) is 10.1 Å². The Hall–Kier alpha value is -1.35. The number of rotatable bonds is 2. The lowest BCUT2D eigenvalue weighted by atomic mass is 10.2. The molecule has 0 amide bonds. The third-order valence-corrected chi connectivity index (χ3v) is 2.67. The van der Waals surface area contributed by atoms with E-state index in [1.807, 2.05) is 42.5 Å². The van der Waals surface area contributed by atoms with Gasteiger partial charge >= 0.3 is 0 Å². The van der Waals surface area contributed by atoms with E-state index in [4.69, 9.17) is 4.74 Å². The highest BCUT2D eigenvalue weighted by atomic mass is 32.2. The predicted molar refractivity (Wildman–Crippen MR) is 57.7 cm³/mol. The molecule has 1 unspecified atom stereocenters.